The molecule has 1 rings (SSSR count). The topological polar surface area (TPSA) is 133 Å². The van der Waals surface area contributed by atoms with E-state index in [9.17, 15) is 14.4 Å². The molecule has 0 aliphatic carbocycles. The Balaban J connectivity index is 3.40. The van der Waals surface area contributed by atoms with Crippen molar-refractivity contribution in [2.75, 3.05) is 5.73 Å². The predicted molar refractivity (Wildman–Crippen MR) is 60.7 cm³/mol. The largest absolute Gasteiger partial charge is 0.480 e. The average molecular weight is 242 g/mol. The van der Waals surface area contributed by atoms with Crippen molar-refractivity contribution in [2.45, 2.75) is 12.5 Å². The number of nitrogens with two attached hydrogens (primary N) is 2. The molecule has 8 nitrogen and oxygen atoms in total. The quantitative estimate of drug-likeness (QED) is 0.542. The molecule has 1 aromatic rings. The fourth-order valence-corrected chi connectivity index (χ4v) is 1.43. The van der Waals surface area contributed by atoms with Gasteiger partial charge in [0.05, 0.1) is 5.56 Å². The number of hydrogen-bond donors (Lipinski definition) is 3. The number of carbonyl (C=O) groups is 1. The van der Waals surface area contributed by atoms with E-state index in [0.29, 0.717) is 0 Å². The highest BCUT2D eigenvalue weighted by Gasteiger charge is 2.19. The van der Waals surface area contributed by atoms with E-state index in [1.165, 1.54) is 14.1 Å². The molecule has 1 atom stereocenters. The van der Waals surface area contributed by atoms with Gasteiger partial charge in [-0.2, -0.15) is 0 Å². The third kappa shape index (κ3) is 2.21. The lowest BCUT2D eigenvalue weighted by molar-refractivity contribution is -0.138. The van der Waals surface area contributed by atoms with Gasteiger partial charge in [-0.05, 0) is 0 Å². The molecule has 17 heavy (non-hydrogen) atoms. The second-order valence-corrected chi connectivity index (χ2v) is 3.72. The van der Waals surface area contributed by atoms with E-state index < -0.39 is 23.3 Å². The first-order chi connectivity index (χ1) is 7.77. The standard InChI is InChI=1S/C9H14N4O4/c1-12-6(11)4(3-5(10)8(15)16)7(14)13(2)9(12)17/h5H,3,10-11H2,1-2H3,(H,15,16)/t5-/m0/s1. The summed E-state index contributed by atoms with van der Waals surface area (Å²) in [5.41, 5.74) is 9.78. The minimum Gasteiger partial charge on any atom is -0.480 e. The molecule has 94 valence electrons. The van der Waals surface area contributed by atoms with E-state index in [4.69, 9.17) is 16.6 Å². The van der Waals surface area contributed by atoms with Gasteiger partial charge in [-0.3, -0.25) is 18.7 Å². The fourth-order valence-electron chi connectivity index (χ4n) is 1.43. The average Bonchev–Trinajstić information content (AvgIpc) is 2.29. The molecular formula is C9H14N4O4. The van der Waals surface area contributed by atoms with Crippen molar-refractivity contribution >= 4 is 11.8 Å². The highest BCUT2D eigenvalue weighted by atomic mass is 16.4. The molecule has 1 aromatic heterocycles. The number of anilines is 1. The summed E-state index contributed by atoms with van der Waals surface area (Å²) >= 11 is 0. The summed E-state index contributed by atoms with van der Waals surface area (Å²) in [5.74, 6) is -1.30. The van der Waals surface area contributed by atoms with E-state index in [2.05, 4.69) is 0 Å². The van der Waals surface area contributed by atoms with Crippen LogP contribution in [0.15, 0.2) is 9.59 Å². The van der Waals surface area contributed by atoms with Crippen molar-refractivity contribution in [3.63, 3.8) is 0 Å². The van der Waals surface area contributed by atoms with Crippen molar-refractivity contribution < 1.29 is 9.90 Å². The lowest BCUT2D eigenvalue weighted by Crippen LogP contribution is -2.43. The number of nitrogens with zero attached hydrogens (tertiary/aromatic N) is 2. The van der Waals surface area contributed by atoms with Gasteiger partial charge in [-0.1, -0.05) is 0 Å². The van der Waals surface area contributed by atoms with E-state index >= 15 is 0 Å². The van der Waals surface area contributed by atoms with Crippen molar-refractivity contribution in [1.82, 2.24) is 9.13 Å². The molecule has 0 fully saturated rings. The van der Waals surface area contributed by atoms with E-state index in [-0.39, 0.29) is 17.8 Å². The van der Waals surface area contributed by atoms with Gasteiger partial charge in [0.25, 0.3) is 5.56 Å². The molecule has 0 unspecified atom stereocenters. The second-order valence-electron chi connectivity index (χ2n) is 3.72. The summed E-state index contributed by atoms with van der Waals surface area (Å²) in [6.45, 7) is 0. The molecule has 1 heterocycles. The van der Waals surface area contributed by atoms with Crippen LogP contribution >= 0.6 is 0 Å². The SMILES string of the molecule is Cn1c(N)c(C[C@H](N)C(=O)O)c(=O)n(C)c1=O. The Bertz CT molecular complexity index is 572. The van der Waals surface area contributed by atoms with Gasteiger partial charge >= 0.3 is 11.7 Å². The van der Waals surface area contributed by atoms with E-state index in [0.717, 1.165) is 9.13 Å². The molecule has 0 saturated carbocycles. The van der Waals surface area contributed by atoms with Crippen LogP contribution in [0.3, 0.4) is 0 Å². The maximum Gasteiger partial charge on any atom is 0.332 e. The molecule has 0 spiro atoms. The van der Waals surface area contributed by atoms with Crippen LogP contribution < -0.4 is 22.7 Å². The third-order valence-corrected chi connectivity index (χ3v) is 2.55. The Morgan fingerprint density at radius 2 is 1.88 bits per heavy atom. The molecular weight excluding hydrogens is 228 g/mol. The first-order valence-corrected chi connectivity index (χ1v) is 4.80. The maximum atomic E-state index is 11.7. The Kier molecular flexibility index (Phi) is 3.37. The summed E-state index contributed by atoms with van der Waals surface area (Å²) in [6, 6.07) is -1.23. The van der Waals surface area contributed by atoms with Crippen molar-refractivity contribution in [3.8, 4) is 0 Å². The van der Waals surface area contributed by atoms with Crippen LogP contribution in [-0.2, 0) is 25.3 Å². The lowest BCUT2D eigenvalue weighted by Gasteiger charge is -2.12. The number of aromatic nitrogens is 2. The molecule has 0 bridgehead atoms. The van der Waals surface area contributed by atoms with Crippen LogP contribution in [0.25, 0.3) is 0 Å². The molecule has 8 heteroatoms. The van der Waals surface area contributed by atoms with Crippen LogP contribution in [-0.4, -0.2) is 26.3 Å². The zero-order valence-corrected chi connectivity index (χ0v) is 9.51. The minimum absolute atomic E-state index is 0.0319. The maximum absolute atomic E-state index is 11.7. The fraction of sp³-hybridized carbons (Fsp3) is 0.444. The monoisotopic (exact) mass is 242 g/mol. The van der Waals surface area contributed by atoms with Gasteiger partial charge < -0.3 is 16.6 Å². The Hall–Kier alpha value is -2.09. The molecule has 0 radical (unpaired) electrons. The summed E-state index contributed by atoms with van der Waals surface area (Å²) < 4.78 is 1.94. The van der Waals surface area contributed by atoms with Gasteiger partial charge in [-0.15, -0.1) is 0 Å². The third-order valence-electron chi connectivity index (χ3n) is 2.55. The van der Waals surface area contributed by atoms with E-state index in [1.54, 1.807) is 0 Å². The normalized spacial score (nSPS) is 12.4. The lowest BCUT2D eigenvalue weighted by atomic mass is 10.1. The van der Waals surface area contributed by atoms with Gasteiger partial charge in [0, 0.05) is 20.5 Å². The molecule has 0 aliphatic heterocycles. The van der Waals surface area contributed by atoms with Crippen LogP contribution in [0.1, 0.15) is 5.56 Å². The number of aliphatic carboxylic acids is 1. The predicted octanol–water partition coefficient (Wildman–Crippen LogP) is -2.38. The summed E-state index contributed by atoms with van der Waals surface area (Å²) in [6.07, 6.45) is -0.220. The number of hydrogen-bond acceptors (Lipinski definition) is 5. The second kappa shape index (κ2) is 4.42. The van der Waals surface area contributed by atoms with Crippen LogP contribution in [0.4, 0.5) is 5.82 Å². The van der Waals surface area contributed by atoms with Gasteiger partial charge in [-0.25, -0.2) is 4.79 Å². The number of carboxylic acid groups (broad SMARTS) is 1. The van der Waals surface area contributed by atoms with Gasteiger partial charge in [0.2, 0.25) is 0 Å². The first-order valence-electron chi connectivity index (χ1n) is 4.80. The molecule has 0 amide bonds. The smallest absolute Gasteiger partial charge is 0.332 e. The van der Waals surface area contributed by atoms with Crippen molar-refractivity contribution in [3.05, 3.63) is 26.4 Å². The highest BCUT2D eigenvalue weighted by Crippen LogP contribution is 2.05. The number of rotatable bonds is 3. The number of nitrogen functional groups attached to an aromatic ring is 1. The molecule has 0 aliphatic rings. The van der Waals surface area contributed by atoms with Crippen LogP contribution in [0.2, 0.25) is 0 Å². The van der Waals surface area contributed by atoms with E-state index in [1.807, 2.05) is 0 Å². The molecule has 0 aromatic carbocycles. The summed E-state index contributed by atoms with van der Waals surface area (Å²) in [7, 11) is 2.69. The summed E-state index contributed by atoms with van der Waals surface area (Å²) in [5, 5.41) is 8.68. The van der Waals surface area contributed by atoms with Gasteiger partial charge in [0.1, 0.15) is 11.9 Å². The van der Waals surface area contributed by atoms with Crippen molar-refractivity contribution in [2.24, 2.45) is 19.8 Å². The van der Waals surface area contributed by atoms with Crippen LogP contribution in [0, 0.1) is 0 Å². The van der Waals surface area contributed by atoms with Gasteiger partial charge in [0.15, 0.2) is 0 Å². The Morgan fingerprint density at radius 3 is 2.35 bits per heavy atom. The Labute approximate surface area is 96.1 Å². The number of carboxylic acids is 1. The Morgan fingerprint density at radius 1 is 1.35 bits per heavy atom. The zero-order valence-electron chi connectivity index (χ0n) is 9.51. The minimum atomic E-state index is -1.24. The molecule has 0 saturated heterocycles. The van der Waals surface area contributed by atoms with Crippen molar-refractivity contribution in [1.29, 1.82) is 0 Å². The zero-order chi connectivity index (χ0) is 13.3. The highest BCUT2D eigenvalue weighted by molar-refractivity contribution is 5.73. The van der Waals surface area contributed by atoms with Crippen LogP contribution in [0.5, 0.6) is 0 Å². The summed E-state index contributed by atoms with van der Waals surface area (Å²) in [4.78, 5) is 33.8. The first kappa shape index (κ1) is 13.0. The molecule has 5 N–H and O–H groups in total.